The molecular formula is C21H19F4N3O3. The van der Waals surface area contributed by atoms with Crippen molar-refractivity contribution < 1.29 is 32.0 Å². The van der Waals surface area contributed by atoms with Gasteiger partial charge >= 0.3 is 12.3 Å². The maximum absolute atomic E-state index is 12.9. The Hall–Kier alpha value is -3.43. The van der Waals surface area contributed by atoms with Gasteiger partial charge in [-0.25, -0.2) is 9.18 Å². The molecule has 1 fully saturated rings. The van der Waals surface area contributed by atoms with Gasteiger partial charge in [-0.2, -0.15) is 13.2 Å². The SMILES string of the molecule is O=C(Nc1ccc(F)cc1)ON=C1CCN(C(=O)Cc2cccc(C(F)(F)F)c2)CC1. The molecular weight excluding hydrogens is 418 g/mol. The van der Waals surface area contributed by atoms with Crippen LogP contribution >= 0.6 is 0 Å². The summed E-state index contributed by atoms with van der Waals surface area (Å²) < 4.78 is 51.3. The van der Waals surface area contributed by atoms with Gasteiger partial charge in [-0.1, -0.05) is 23.4 Å². The third-order valence-corrected chi connectivity index (χ3v) is 4.65. The molecule has 0 aliphatic carbocycles. The fourth-order valence-corrected chi connectivity index (χ4v) is 3.03. The van der Waals surface area contributed by atoms with E-state index < -0.39 is 23.7 Å². The molecule has 1 saturated heterocycles. The van der Waals surface area contributed by atoms with Gasteiger partial charge in [0, 0.05) is 31.6 Å². The first-order valence-corrected chi connectivity index (χ1v) is 9.44. The maximum Gasteiger partial charge on any atom is 0.437 e. The Labute approximate surface area is 175 Å². The highest BCUT2D eigenvalue weighted by Gasteiger charge is 2.30. The van der Waals surface area contributed by atoms with Gasteiger partial charge in [-0.3, -0.25) is 14.9 Å². The summed E-state index contributed by atoms with van der Waals surface area (Å²) in [5, 5.41) is 6.18. The van der Waals surface area contributed by atoms with Gasteiger partial charge < -0.3 is 4.90 Å². The molecule has 31 heavy (non-hydrogen) atoms. The molecule has 2 amide bonds. The molecule has 6 nitrogen and oxygen atoms in total. The van der Waals surface area contributed by atoms with Crippen molar-refractivity contribution in [2.45, 2.75) is 25.4 Å². The lowest BCUT2D eigenvalue weighted by atomic mass is 10.0. The maximum atomic E-state index is 12.9. The van der Waals surface area contributed by atoms with E-state index in [0.29, 0.717) is 42.9 Å². The largest absolute Gasteiger partial charge is 0.437 e. The average Bonchev–Trinajstić information content (AvgIpc) is 2.74. The molecule has 0 atom stereocenters. The van der Waals surface area contributed by atoms with Crippen molar-refractivity contribution >= 4 is 23.4 Å². The van der Waals surface area contributed by atoms with E-state index in [1.54, 1.807) is 0 Å². The highest BCUT2D eigenvalue weighted by Crippen LogP contribution is 2.29. The first-order valence-electron chi connectivity index (χ1n) is 9.44. The number of hydrogen-bond donors (Lipinski definition) is 1. The highest BCUT2D eigenvalue weighted by molar-refractivity contribution is 5.89. The minimum absolute atomic E-state index is 0.132. The normalized spacial score (nSPS) is 14.2. The summed E-state index contributed by atoms with van der Waals surface area (Å²) in [6.07, 6.45) is -4.68. The second kappa shape index (κ2) is 9.59. The molecule has 0 bridgehead atoms. The Bertz CT molecular complexity index is 965. The van der Waals surface area contributed by atoms with Crippen LogP contribution in [0.1, 0.15) is 24.0 Å². The summed E-state index contributed by atoms with van der Waals surface area (Å²) in [5.41, 5.74) is 0.431. The minimum atomic E-state index is -4.46. The van der Waals surface area contributed by atoms with Crippen LogP contribution in [0.25, 0.3) is 0 Å². The zero-order valence-corrected chi connectivity index (χ0v) is 16.3. The van der Waals surface area contributed by atoms with E-state index in [0.717, 1.165) is 12.1 Å². The van der Waals surface area contributed by atoms with Crippen LogP contribution in [0.15, 0.2) is 53.7 Å². The van der Waals surface area contributed by atoms with Crippen molar-refractivity contribution in [2.75, 3.05) is 18.4 Å². The van der Waals surface area contributed by atoms with Crippen molar-refractivity contribution in [3.8, 4) is 0 Å². The van der Waals surface area contributed by atoms with E-state index in [-0.39, 0.29) is 12.3 Å². The van der Waals surface area contributed by atoms with Crippen molar-refractivity contribution in [1.82, 2.24) is 4.90 Å². The van der Waals surface area contributed by atoms with Gasteiger partial charge in [0.15, 0.2) is 0 Å². The molecule has 2 aromatic rings. The number of carbonyl (C=O) groups excluding carboxylic acids is 2. The zero-order chi connectivity index (χ0) is 22.4. The number of nitrogens with zero attached hydrogens (tertiary/aromatic N) is 2. The molecule has 3 rings (SSSR count). The monoisotopic (exact) mass is 437 g/mol. The molecule has 0 unspecified atom stereocenters. The summed E-state index contributed by atoms with van der Waals surface area (Å²) in [7, 11) is 0. The van der Waals surface area contributed by atoms with Crippen molar-refractivity contribution in [3.63, 3.8) is 0 Å². The van der Waals surface area contributed by atoms with Crippen LogP contribution in [-0.2, 0) is 22.2 Å². The third kappa shape index (κ3) is 6.53. The number of piperidine rings is 1. The van der Waals surface area contributed by atoms with Gasteiger partial charge in [0.05, 0.1) is 17.7 Å². The molecule has 10 heteroatoms. The number of halogens is 4. The fourth-order valence-electron chi connectivity index (χ4n) is 3.03. The molecule has 0 aromatic heterocycles. The van der Waals surface area contributed by atoms with Crippen LogP contribution in [0.2, 0.25) is 0 Å². The van der Waals surface area contributed by atoms with Crippen LogP contribution < -0.4 is 5.32 Å². The smallest absolute Gasteiger partial charge is 0.342 e. The van der Waals surface area contributed by atoms with Crippen molar-refractivity contribution in [3.05, 3.63) is 65.5 Å². The third-order valence-electron chi connectivity index (χ3n) is 4.65. The Morgan fingerprint density at radius 1 is 1.06 bits per heavy atom. The van der Waals surface area contributed by atoms with Gasteiger partial charge in [0.1, 0.15) is 5.82 Å². The zero-order valence-electron chi connectivity index (χ0n) is 16.3. The minimum Gasteiger partial charge on any atom is -0.342 e. The van der Waals surface area contributed by atoms with Crippen LogP contribution in [-0.4, -0.2) is 35.7 Å². The summed E-state index contributed by atoms with van der Waals surface area (Å²) in [5.74, 6) is -0.720. The number of likely N-dealkylation sites (tertiary alicyclic amines) is 1. The summed E-state index contributed by atoms with van der Waals surface area (Å²) >= 11 is 0. The second-order valence-corrected chi connectivity index (χ2v) is 6.92. The predicted octanol–water partition coefficient (Wildman–Crippen LogP) is 4.61. The standard InChI is InChI=1S/C21H19F4N3O3/c22-16-4-6-17(7-5-16)26-20(30)31-27-18-8-10-28(11-9-18)19(29)13-14-2-1-3-15(12-14)21(23,24)25/h1-7,12H,8-11,13H2,(H,26,30). The number of carbonyl (C=O) groups is 2. The van der Waals surface area contributed by atoms with E-state index in [9.17, 15) is 27.2 Å². The number of nitrogens with one attached hydrogen (secondary N) is 1. The van der Waals surface area contributed by atoms with Gasteiger partial charge in [0.2, 0.25) is 5.91 Å². The van der Waals surface area contributed by atoms with E-state index in [1.165, 1.54) is 41.3 Å². The molecule has 1 N–H and O–H groups in total. The molecule has 0 radical (unpaired) electrons. The quantitative estimate of drug-likeness (QED) is 0.431. The number of rotatable bonds is 4. The van der Waals surface area contributed by atoms with E-state index in [4.69, 9.17) is 4.84 Å². The van der Waals surface area contributed by atoms with Crippen molar-refractivity contribution in [1.29, 1.82) is 0 Å². The lowest BCUT2D eigenvalue weighted by molar-refractivity contribution is -0.138. The average molecular weight is 437 g/mol. The number of benzene rings is 2. The van der Waals surface area contributed by atoms with Crippen molar-refractivity contribution in [2.24, 2.45) is 5.16 Å². The van der Waals surface area contributed by atoms with E-state index in [1.807, 2.05) is 0 Å². The van der Waals surface area contributed by atoms with Crippen LogP contribution in [0, 0.1) is 5.82 Å². The lowest BCUT2D eigenvalue weighted by Crippen LogP contribution is -2.39. The Kier molecular flexibility index (Phi) is 6.88. The highest BCUT2D eigenvalue weighted by atomic mass is 19.4. The lowest BCUT2D eigenvalue weighted by Gasteiger charge is -2.27. The molecule has 1 aliphatic heterocycles. The van der Waals surface area contributed by atoms with Crippen LogP contribution in [0.4, 0.5) is 28.0 Å². The Morgan fingerprint density at radius 3 is 2.39 bits per heavy atom. The van der Waals surface area contributed by atoms with Gasteiger partial charge in [-0.05, 0) is 35.9 Å². The molecule has 164 valence electrons. The number of oxime groups is 1. The van der Waals surface area contributed by atoms with Gasteiger partial charge in [0.25, 0.3) is 0 Å². The summed E-state index contributed by atoms with van der Waals surface area (Å²) in [6.45, 7) is 0.638. The van der Waals surface area contributed by atoms with Crippen LogP contribution in [0.5, 0.6) is 0 Å². The predicted molar refractivity (Wildman–Crippen MR) is 105 cm³/mol. The molecule has 2 aromatic carbocycles. The second-order valence-electron chi connectivity index (χ2n) is 6.92. The topological polar surface area (TPSA) is 71.0 Å². The first kappa shape index (κ1) is 22.3. The van der Waals surface area contributed by atoms with Crippen LogP contribution in [0.3, 0.4) is 0 Å². The summed E-state index contributed by atoms with van der Waals surface area (Å²) in [4.78, 5) is 30.5. The number of amides is 2. The first-order chi connectivity index (χ1) is 14.7. The fraction of sp³-hybridized carbons (Fsp3) is 0.286. The Balaban J connectivity index is 1.47. The molecule has 0 spiro atoms. The molecule has 1 aliphatic rings. The molecule has 0 saturated carbocycles. The number of alkyl halides is 3. The number of hydrogen-bond acceptors (Lipinski definition) is 4. The Morgan fingerprint density at radius 2 is 1.74 bits per heavy atom. The molecule has 1 heterocycles. The van der Waals surface area contributed by atoms with E-state index in [2.05, 4.69) is 10.5 Å². The van der Waals surface area contributed by atoms with Gasteiger partial charge in [-0.15, -0.1) is 0 Å². The number of anilines is 1. The summed E-state index contributed by atoms with van der Waals surface area (Å²) in [6, 6.07) is 9.82. The van der Waals surface area contributed by atoms with E-state index >= 15 is 0 Å².